The molecule has 0 atom stereocenters. The van der Waals surface area contributed by atoms with Gasteiger partial charge in [0.1, 0.15) is 10.6 Å². The van der Waals surface area contributed by atoms with Crippen molar-refractivity contribution >= 4 is 40.0 Å². The Bertz CT molecular complexity index is 1110. The average molecular weight is 440 g/mol. The average Bonchev–Trinajstić information content (AvgIpc) is 3.16. The highest BCUT2D eigenvalue weighted by atomic mass is 32.1. The minimum absolute atomic E-state index is 0.0986. The van der Waals surface area contributed by atoms with E-state index in [-0.39, 0.29) is 23.7 Å². The Hall–Kier alpha value is -3.79. The van der Waals surface area contributed by atoms with E-state index >= 15 is 0 Å². The van der Waals surface area contributed by atoms with Crippen LogP contribution in [-0.4, -0.2) is 41.0 Å². The highest BCUT2D eigenvalue weighted by molar-refractivity contribution is 7.15. The maximum Gasteiger partial charge on any atom is 0.361 e. The number of nitrogens with one attached hydrogen (secondary N) is 1. The van der Waals surface area contributed by atoms with Crippen molar-refractivity contribution in [1.82, 2.24) is 9.97 Å². The summed E-state index contributed by atoms with van der Waals surface area (Å²) in [5, 5.41) is 4.67. The Morgan fingerprint density at radius 2 is 1.77 bits per heavy atom. The summed E-state index contributed by atoms with van der Waals surface area (Å²) in [4.78, 5) is 44.5. The van der Waals surface area contributed by atoms with E-state index < -0.39 is 24.5 Å². The maximum absolute atomic E-state index is 12.6. The number of nitrogen functional groups attached to an aromatic ring is 1. The lowest BCUT2D eigenvalue weighted by Gasteiger charge is -2.09. The van der Waals surface area contributed by atoms with Gasteiger partial charge in [-0.05, 0) is 19.4 Å². The van der Waals surface area contributed by atoms with Gasteiger partial charge >= 0.3 is 11.9 Å². The number of anilines is 2. The number of rotatable bonds is 7. The summed E-state index contributed by atoms with van der Waals surface area (Å²) >= 11 is 1.18. The van der Waals surface area contributed by atoms with E-state index in [2.05, 4.69) is 15.3 Å². The Morgan fingerprint density at radius 3 is 2.45 bits per heavy atom. The van der Waals surface area contributed by atoms with Gasteiger partial charge in [-0.2, -0.15) is 0 Å². The van der Waals surface area contributed by atoms with Gasteiger partial charge < -0.3 is 20.5 Å². The largest absolute Gasteiger partial charge is 0.462 e. The summed E-state index contributed by atoms with van der Waals surface area (Å²) in [5.74, 6) is -2.16. The fourth-order valence-corrected chi connectivity index (χ4v) is 3.64. The molecule has 0 aliphatic rings. The number of ether oxygens (including phenoxy) is 2. The highest BCUT2D eigenvalue weighted by Crippen LogP contribution is 2.36. The van der Waals surface area contributed by atoms with E-state index in [1.807, 2.05) is 31.2 Å². The lowest BCUT2D eigenvalue weighted by molar-refractivity contribution is -0.119. The van der Waals surface area contributed by atoms with Crippen LogP contribution in [0.25, 0.3) is 11.1 Å². The third kappa shape index (κ3) is 5.23. The van der Waals surface area contributed by atoms with Gasteiger partial charge in [0.2, 0.25) is 0 Å². The Balaban J connectivity index is 1.76. The maximum atomic E-state index is 12.6. The number of esters is 2. The fraction of sp³-hybridized carbons (Fsp3) is 0.190. The van der Waals surface area contributed by atoms with Crippen LogP contribution in [-0.2, 0) is 14.3 Å². The van der Waals surface area contributed by atoms with E-state index in [0.29, 0.717) is 10.6 Å². The van der Waals surface area contributed by atoms with Gasteiger partial charge in [0.05, 0.1) is 6.61 Å². The Labute approximate surface area is 182 Å². The third-order valence-corrected chi connectivity index (χ3v) is 5.04. The second-order valence-electron chi connectivity index (χ2n) is 6.35. The zero-order chi connectivity index (χ0) is 22.4. The molecule has 0 unspecified atom stereocenters. The molecule has 0 saturated heterocycles. The summed E-state index contributed by atoms with van der Waals surface area (Å²) in [5.41, 5.74) is 8.18. The third-order valence-electron chi connectivity index (χ3n) is 4.14. The molecule has 0 aliphatic heterocycles. The van der Waals surface area contributed by atoms with Gasteiger partial charge in [-0.25, -0.2) is 19.6 Å². The van der Waals surface area contributed by atoms with E-state index in [0.717, 1.165) is 11.1 Å². The van der Waals surface area contributed by atoms with Crippen LogP contribution >= 0.6 is 11.3 Å². The first-order valence-corrected chi connectivity index (χ1v) is 10.2. The van der Waals surface area contributed by atoms with E-state index in [9.17, 15) is 14.4 Å². The molecule has 3 rings (SSSR count). The Morgan fingerprint density at radius 1 is 1.06 bits per heavy atom. The van der Waals surface area contributed by atoms with E-state index in [1.54, 1.807) is 12.3 Å². The second-order valence-corrected chi connectivity index (χ2v) is 7.23. The molecule has 3 N–H and O–H groups in total. The normalized spacial score (nSPS) is 10.4. The first-order valence-electron chi connectivity index (χ1n) is 9.29. The molecule has 2 aromatic heterocycles. The minimum Gasteiger partial charge on any atom is -0.462 e. The van der Waals surface area contributed by atoms with Crippen LogP contribution in [0.15, 0.2) is 42.0 Å². The highest BCUT2D eigenvalue weighted by Gasteiger charge is 2.23. The van der Waals surface area contributed by atoms with Crippen LogP contribution in [0.2, 0.25) is 0 Å². The van der Waals surface area contributed by atoms with Crippen molar-refractivity contribution in [3.05, 3.63) is 58.9 Å². The van der Waals surface area contributed by atoms with Crippen LogP contribution in [0.3, 0.4) is 0 Å². The van der Waals surface area contributed by atoms with E-state index in [1.165, 1.54) is 23.7 Å². The standard InChI is InChI=1S/C21H20N4O5S/c1-3-29-20(27)16-14(13-6-4-12(2)5-7-13)11-31-19(16)25-15(26)10-30-21(28)17-18(22)24-9-8-23-17/h4-9,11H,3,10H2,1-2H3,(H2,22,24)(H,25,26). The summed E-state index contributed by atoms with van der Waals surface area (Å²) in [6.07, 6.45) is 2.62. The molecule has 9 nitrogen and oxygen atoms in total. The summed E-state index contributed by atoms with van der Waals surface area (Å²) in [7, 11) is 0. The quantitative estimate of drug-likeness (QED) is 0.536. The molecule has 0 saturated carbocycles. The smallest absolute Gasteiger partial charge is 0.361 e. The summed E-state index contributed by atoms with van der Waals surface area (Å²) in [6.45, 7) is 3.26. The second kappa shape index (κ2) is 9.81. The number of hydrogen-bond acceptors (Lipinski definition) is 9. The van der Waals surface area contributed by atoms with Crippen LogP contribution in [0.5, 0.6) is 0 Å². The first-order chi connectivity index (χ1) is 14.9. The van der Waals surface area contributed by atoms with Gasteiger partial charge in [-0.1, -0.05) is 29.8 Å². The van der Waals surface area contributed by atoms with Crippen molar-refractivity contribution in [2.24, 2.45) is 0 Å². The van der Waals surface area contributed by atoms with Crippen LogP contribution in [0.4, 0.5) is 10.8 Å². The topological polar surface area (TPSA) is 134 Å². The lowest BCUT2D eigenvalue weighted by Crippen LogP contribution is -2.22. The lowest BCUT2D eigenvalue weighted by atomic mass is 10.0. The number of aryl methyl sites for hydroxylation is 1. The Kier molecular flexibility index (Phi) is 6.93. The molecule has 0 aliphatic carbocycles. The monoisotopic (exact) mass is 440 g/mol. The van der Waals surface area contributed by atoms with Crippen molar-refractivity contribution in [3.8, 4) is 11.1 Å². The zero-order valence-corrected chi connectivity index (χ0v) is 17.7. The number of nitrogens with two attached hydrogens (primary N) is 1. The molecule has 0 bridgehead atoms. The van der Waals surface area contributed by atoms with Gasteiger partial charge in [0.25, 0.3) is 5.91 Å². The molecule has 0 fully saturated rings. The van der Waals surface area contributed by atoms with Crippen molar-refractivity contribution < 1.29 is 23.9 Å². The molecular formula is C21H20N4O5S. The van der Waals surface area contributed by atoms with Crippen LogP contribution in [0.1, 0.15) is 33.3 Å². The number of carbonyl (C=O) groups excluding carboxylic acids is 3. The van der Waals surface area contributed by atoms with Crippen LogP contribution in [0, 0.1) is 6.92 Å². The first kappa shape index (κ1) is 21.9. The molecular weight excluding hydrogens is 420 g/mol. The molecule has 3 aromatic rings. The van der Waals surface area contributed by atoms with Crippen molar-refractivity contribution in [2.75, 3.05) is 24.3 Å². The van der Waals surface area contributed by atoms with E-state index in [4.69, 9.17) is 15.2 Å². The molecule has 0 spiro atoms. The summed E-state index contributed by atoms with van der Waals surface area (Å²) in [6, 6.07) is 7.63. The van der Waals surface area contributed by atoms with Gasteiger partial charge in [0, 0.05) is 23.3 Å². The van der Waals surface area contributed by atoms with Crippen molar-refractivity contribution in [1.29, 1.82) is 0 Å². The predicted molar refractivity (Wildman–Crippen MR) is 116 cm³/mol. The number of amides is 1. The molecule has 1 amide bonds. The number of aromatic nitrogens is 2. The molecule has 1 aromatic carbocycles. The minimum atomic E-state index is -0.877. The number of nitrogens with zero attached hydrogens (tertiary/aromatic N) is 2. The SMILES string of the molecule is CCOC(=O)c1c(-c2ccc(C)cc2)csc1NC(=O)COC(=O)c1nccnc1N. The molecule has 0 radical (unpaired) electrons. The predicted octanol–water partition coefficient (Wildman–Crippen LogP) is 3.07. The number of benzene rings is 1. The van der Waals surface area contributed by atoms with Gasteiger partial charge in [0.15, 0.2) is 18.1 Å². The number of hydrogen-bond donors (Lipinski definition) is 2. The number of thiophene rings is 1. The van der Waals surface area contributed by atoms with Crippen molar-refractivity contribution in [3.63, 3.8) is 0 Å². The number of carbonyl (C=O) groups is 3. The summed E-state index contributed by atoms with van der Waals surface area (Å²) < 4.78 is 10.1. The molecule has 31 heavy (non-hydrogen) atoms. The van der Waals surface area contributed by atoms with Crippen molar-refractivity contribution in [2.45, 2.75) is 13.8 Å². The molecule has 2 heterocycles. The van der Waals surface area contributed by atoms with Gasteiger partial charge in [-0.3, -0.25) is 4.79 Å². The van der Waals surface area contributed by atoms with Crippen LogP contribution < -0.4 is 11.1 Å². The fourth-order valence-electron chi connectivity index (χ4n) is 2.67. The molecule has 160 valence electrons. The zero-order valence-electron chi connectivity index (χ0n) is 16.9. The van der Waals surface area contributed by atoms with Gasteiger partial charge in [-0.15, -0.1) is 11.3 Å². The molecule has 10 heteroatoms.